The Hall–Kier alpha value is -3.69. The van der Waals surface area contributed by atoms with Crippen molar-refractivity contribution in [1.29, 1.82) is 0 Å². The Bertz CT molecular complexity index is 1200. The maximum absolute atomic E-state index is 13.0. The van der Waals surface area contributed by atoms with E-state index in [0.717, 1.165) is 48.3 Å². The van der Waals surface area contributed by atoms with Crippen LogP contribution in [0.2, 0.25) is 0 Å². The number of hydrogen-bond acceptors (Lipinski definition) is 8. The van der Waals surface area contributed by atoms with Crippen LogP contribution in [0.25, 0.3) is 16.5 Å². The summed E-state index contributed by atoms with van der Waals surface area (Å²) in [5, 5.41) is 6.17. The van der Waals surface area contributed by atoms with Gasteiger partial charge in [-0.25, -0.2) is 15.8 Å². The molecule has 9 heteroatoms. The molecule has 178 valence electrons. The first-order chi connectivity index (χ1) is 16.3. The zero-order valence-corrected chi connectivity index (χ0v) is 19.9. The number of amides is 1. The minimum atomic E-state index is -0.225. The number of nitrogens with one attached hydrogen (secondary N) is 1. The molecule has 0 radical (unpaired) electrons. The number of fused-ring (bicyclic) bond motifs is 1. The average molecular weight is 461 g/mol. The number of anilines is 2. The maximum atomic E-state index is 13.0. The lowest BCUT2D eigenvalue weighted by molar-refractivity contribution is 0.102. The van der Waals surface area contributed by atoms with Crippen LogP contribution in [0, 0.1) is 0 Å². The van der Waals surface area contributed by atoms with E-state index in [1.165, 1.54) is 5.01 Å². The van der Waals surface area contributed by atoms with Crippen LogP contribution in [0.1, 0.15) is 29.8 Å². The van der Waals surface area contributed by atoms with Crippen molar-refractivity contribution in [3.8, 4) is 0 Å². The minimum Gasteiger partial charge on any atom is -0.397 e. The van der Waals surface area contributed by atoms with Crippen LogP contribution in [-0.4, -0.2) is 65.1 Å². The van der Waals surface area contributed by atoms with Gasteiger partial charge in [0.15, 0.2) is 0 Å². The molecular formula is C25H32N8O. The van der Waals surface area contributed by atoms with Crippen LogP contribution in [0.3, 0.4) is 0 Å². The third-order valence-corrected chi connectivity index (χ3v) is 6.02. The van der Waals surface area contributed by atoms with Crippen LogP contribution in [0.15, 0.2) is 55.0 Å². The van der Waals surface area contributed by atoms with Crippen molar-refractivity contribution in [1.82, 2.24) is 19.9 Å². The van der Waals surface area contributed by atoms with E-state index in [-0.39, 0.29) is 5.91 Å². The number of pyridine rings is 2. The Morgan fingerprint density at radius 3 is 2.53 bits per heavy atom. The lowest BCUT2D eigenvalue weighted by atomic mass is 10.1. The summed E-state index contributed by atoms with van der Waals surface area (Å²) >= 11 is 0. The topological polar surface area (TPSA) is 117 Å². The molecular weight excluding hydrogens is 428 g/mol. The van der Waals surface area contributed by atoms with Crippen molar-refractivity contribution in [3.05, 3.63) is 66.1 Å². The summed E-state index contributed by atoms with van der Waals surface area (Å²) in [6, 6.07) is 11.7. The van der Waals surface area contributed by atoms with Crippen LogP contribution < -0.4 is 21.8 Å². The van der Waals surface area contributed by atoms with Crippen molar-refractivity contribution >= 4 is 34.0 Å². The van der Waals surface area contributed by atoms with Crippen molar-refractivity contribution < 1.29 is 4.79 Å². The Morgan fingerprint density at radius 2 is 1.82 bits per heavy atom. The molecule has 34 heavy (non-hydrogen) atoms. The summed E-state index contributed by atoms with van der Waals surface area (Å²) < 4.78 is 0. The predicted octanol–water partition coefficient (Wildman–Crippen LogP) is 2.48. The van der Waals surface area contributed by atoms with Gasteiger partial charge in [0.05, 0.1) is 5.70 Å². The van der Waals surface area contributed by atoms with Gasteiger partial charge in [0.2, 0.25) is 0 Å². The second kappa shape index (κ2) is 10.1. The van der Waals surface area contributed by atoms with Crippen LogP contribution in [0.5, 0.6) is 0 Å². The standard InChI is InChI=1S/C25H32N8O/c1-17(2)32-8-10-33(11-9-32)24-14-19(6-7-28-24)25(34)30-23-13-21-12-18(22(26)16-31(3)27)4-5-20(21)15-29-23/h4-7,12-17H,8-11,26-27H2,1-3H3,(H,29,30,34)/b22-16-. The summed E-state index contributed by atoms with van der Waals surface area (Å²) in [5.74, 6) is 6.73. The lowest BCUT2D eigenvalue weighted by Gasteiger charge is -2.37. The third kappa shape index (κ3) is 5.44. The van der Waals surface area contributed by atoms with Gasteiger partial charge in [-0.15, -0.1) is 0 Å². The smallest absolute Gasteiger partial charge is 0.257 e. The monoisotopic (exact) mass is 460 g/mol. The number of carbonyl (C=O) groups is 1. The van der Waals surface area contributed by atoms with E-state index in [2.05, 4.69) is 38.9 Å². The van der Waals surface area contributed by atoms with Crippen molar-refractivity contribution in [2.24, 2.45) is 11.6 Å². The molecule has 0 aliphatic carbocycles. The molecule has 3 heterocycles. The Labute approximate surface area is 200 Å². The summed E-state index contributed by atoms with van der Waals surface area (Å²) in [5.41, 5.74) is 8.05. The fourth-order valence-corrected chi connectivity index (χ4v) is 4.07. The van der Waals surface area contributed by atoms with Crippen LogP contribution >= 0.6 is 0 Å². The molecule has 0 atom stereocenters. The summed E-state index contributed by atoms with van der Waals surface area (Å²) in [6.45, 7) is 8.18. The zero-order chi connectivity index (χ0) is 24.2. The van der Waals surface area contributed by atoms with Gasteiger partial charge in [-0.2, -0.15) is 0 Å². The fraction of sp³-hybridized carbons (Fsp3) is 0.320. The highest BCUT2D eigenvalue weighted by Crippen LogP contribution is 2.22. The molecule has 1 aromatic carbocycles. The normalized spacial score (nSPS) is 15.1. The maximum Gasteiger partial charge on any atom is 0.257 e. The van der Waals surface area contributed by atoms with E-state index < -0.39 is 0 Å². The van der Waals surface area contributed by atoms with Gasteiger partial charge in [0, 0.05) is 68.8 Å². The number of hydrogen-bond donors (Lipinski definition) is 3. The van der Waals surface area contributed by atoms with Gasteiger partial charge < -0.3 is 21.0 Å². The van der Waals surface area contributed by atoms with Gasteiger partial charge in [-0.3, -0.25) is 9.69 Å². The number of rotatable bonds is 6. The van der Waals surface area contributed by atoms with E-state index in [4.69, 9.17) is 11.6 Å². The Morgan fingerprint density at radius 1 is 1.06 bits per heavy atom. The molecule has 3 aromatic rings. The first-order valence-corrected chi connectivity index (χ1v) is 11.4. The average Bonchev–Trinajstić information content (AvgIpc) is 2.83. The van der Waals surface area contributed by atoms with Crippen molar-refractivity contribution in [2.75, 3.05) is 43.4 Å². The number of piperazine rings is 1. The number of hydrazine groups is 1. The van der Waals surface area contributed by atoms with E-state index in [0.29, 0.717) is 23.1 Å². The van der Waals surface area contributed by atoms with E-state index in [1.807, 2.05) is 30.3 Å². The lowest BCUT2D eigenvalue weighted by Crippen LogP contribution is -2.49. The number of aromatic nitrogens is 2. The SMILES string of the molecule is CC(C)N1CCN(c2cc(C(=O)Nc3cc4cc(/C(N)=C/N(C)N)ccc4cn3)ccn2)CC1. The predicted molar refractivity (Wildman–Crippen MR) is 137 cm³/mol. The molecule has 1 aliphatic heterocycles. The largest absolute Gasteiger partial charge is 0.397 e. The van der Waals surface area contributed by atoms with Gasteiger partial charge in [0.25, 0.3) is 5.91 Å². The molecule has 1 saturated heterocycles. The molecule has 1 amide bonds. The second-order valence-corrected chi connectivity index (χ2v) is 8.85. The highest BCUT2D eigenvalue weighted by Gasteiger charge is 2.20. The summed E-state index contributed by atoms with van der Waals surface area (Å²) in [7, 11) is 1.71. The fourth-order valence-electron chi connectivity index (χ4n) is 4.07. The number of carbonyl (C=O) groups excluding carboxylic acids is 1. The van der Waals surface area contributed by atoms with E-state index >= 15 is 0 Å². The molecule has 5 N–H and O–H groups in total. The van der Waals surface area contributed by atoms with Crippen molar-refractivity contribution in [2.45, 2.75) is 19.9 Å². The molecule has 2 aromatic heterocycles. The quantitative estimate of drug-likeness (QED) is 0.379. The number of nitrogens with two attached hydrogens (primary N) is 2. The molecule has 0 unspecified atom stereocenters. The zero-order valence-electron chi connectivity index (χ0n) is 19.9. The molecule has 4 rings (SSSR count). The Balaban J connectivity index is 1.49. The minimum absolute atomic E-state index is 0.225. The molecule has 0 saturated carbocycles. The van der Waals surface area contributed by atoms with Gasteiger partial charge in [0.1, 0.15) is 11.6 Å². The van der Waals surface area contributed by atoms with E-state index in [9.17, 15) is 4.79 Å². The second-order valence-electron chi connectivity index (χ2n) is 8.85. The van der Waals surface area contributed by atoms with Gasteiger partial charge in [-0.1, -0.05) is 12.1 Å². The van der Waals surface area contributed by atoms with Crippen LogP contribution in [-0.2, 0) is 0 Å². The van der Waals surface area contributed by atoms with Gasteiger partial charge >= 0.3 is 0 Å². The highest BCUT2D eigenvalue weighted by molar-refractivity contribution is 6.05. The van der Waals surface area contributed by atoms with E-state index in [1.54, 1.807) is 31.7 Å². The number of benzene rings is 1. The molecule has 9 nitrogen and oxygen atoms in total. The summed E-state index contributed by atoms with van der Waals surface area (Å²) in [6.07, 6.45) is 5.06. The van der Waals surface area contributed by atoms with Crippen molar-refractivity contribution in [3.63, 3.8) is 0 Å². The molecule has 1 aliphatic rings. The number of nitrogens with zero attached hydrogens (tertiary/aromatic N) is 5. The Kier molecular flexibility index (Phi) is 6.95. The van der Waals surface area contributed by atoms with Gasteiger partial charge in [-0.05, 0) is 49.1 Å². The third-order valence-electron chi connectivity index (χ3n) is 6.02. The molecule has 0 bridgehead atoms. The van der Waals surface area contributed by atoms with Crippen LogP contribution in [0.4, 0.5) is 11.6 Å². The molecule has 1 fully saturated rings. The first-order valence-electron chi connectivity index (χ1n) is 11.4. The summed E-state index contributed by atoms with van der Waals surface area (Å²) in [4.78, 5) is 26.5. The molecule has 0 spiro atoms. The first kappa shape index (κ1) is 23.5. The highest BCUT2D eigenvalue weighted by atomic mass is 16.1.